The van der Waals surface area contributed by atoms with Gasteiger partial charge < -0.3 is 0 Å². The number of benzene rings is 3. The maximum atomic E-state index is 12.0. The summed E-state index contributed by atoms with van der Waals surface area (Å²) in [6, 6.07) is 19.3. The van der Waals surface area contributed by atoms with Gasteiger partial charge >= 0.3 is 250 Å². The van der Waals surface area contributed by atoms with Crippen molar-refractivity contribution < 1.29 is 128 Å². The molecule has 6 nitrogen and oxygen atoms in total. The Kier molecular flexibility index (Phi) is 9.03. The van der Waals surface area contributed by atoms with E-state index < -0.39 is 14.6 Å². The molecule has 0 aliphatic carbocycles. The summed E-state index contributed by atoms with van der Waals surface area (Å²) in [7, 11) is 0. The average Bonchev–Trinajstić information content (AvgIpc) is 2.97. The Morgan fingerprint density at radius 2 is 0.963 bits per heavy atom. The molecule has 1 heterocycles. The molecule has 1 aliphatic rings. The maximum absolute atomic E-state index is 12.0. The fourth-order valence-electron chi connectivity index (χ4n) is 2.35. The molecule has 3 aromatic carbocycles. The van der Waals surface area contributed by atoms with E-state index in [0.29, 0.717) is 11.5 Å². The van der Waals surface area contributed by atoms with Crippen molar-refractivity contribution in [2.75, 3.05) is 0 Å². The zero-order valence-corrected chi connectivity index (χ0v) is 23.2. The predicted molar refractivity (Wildman–Crippen MR) is 86.5 cm³/mol. The molecule has 1 aliphatic heterocycles. The van der Waals surface area contributed by atoms with E-state index in [9.17, 15) is 10.2 Å². The summed E-state index contributed by atoms with van der Waals surface area (Å²) in [5, 5.41) is 24.0. The Balaban J connectivity index is 0.00000131. The van der Waals surface area contributed by atoms with E-state index in [1.54, 1.807) is 48.5 Å². The monoisotopic (exact) mass is 476 g/mol. The SMILES string of the molecule is [K+].[K+].[O-]c1ccccc1[O][Ge]1([O]c2ccccc2[O-])[O]c2ccccc2[O]1. The first-order valence-corrected chi connectivity index (χ1v) is 10.9. The summed E-state index contributed by atoms with van der Waals surface area (Å²) in [6.07, 6.45) is 0. The molecule has 0 N–H and O–H groups in total. The van der Waals surface area contributed by atoms with Gasteiger partial charge in [-0.15, -0.1) is 0 Å². The molecule has 9 heteroatoms. The Morgan fingerprint density at radius 3 is 1.37 bits per heavy atom. The van der Waals surface area contributed by atoms with Crippen LogP contribution in [0.4, 0.5) is 0 Å². The third-order valence-electron chi connectivity index (χ3n) is 3.49. The van der Waals surface area contributed by atoms with Crippen molar-refractivity contribution >= 4 is 14.6 Å². The fraction of sp³-hybridized carbons (Fsp3) is 0. The minimum absolute atomic E-state index is 0. The quantitative estimate of drug-likeness (QED) is 0.361. The normalized spacial score (nSPS) is 13.0. The van der Waals surface area contributed by atoms with Crippen molar-refractivity contribution in [2.45, 2.75) is 0 Å². The second-order valence-electron chi connectivity index (χ2n) is 5.25. The van der Waals surface area contributed by atoms with Gasteiger partial charge in [-0.1, -0.05) is 0 Å². The van der Waals surface area contributed by atoms with Crippen LogP contribution in [0.1, 0.15) is 0 Å². The fourth-order valence-corrected chi connectivity index (χ4v) is 6.55. The first-order valence-electron chi connectivity index (χ1n) is 7.52. The van der Waals surface area contributed by atoms with Crippen molar-refractivity contribution in [3.63, 3.8) is 0 Å². The Hall–Kier alpha value is 0.276. The van der Waals surface area contributed by atoms with Crippen LogP contribution >= 0.6 is 0 Å². The standard InChI is InChI=1S/C18H14GeO6.2K/c20-13-7-1-3-9-15(13)22-19(23-16-10-4-2-8-14(16)21)24-17-11-5-6-12-18(17)25-19;;/h1-12,20-21H;;/q;2*+1/p-2. The van der Waals surface area contributed by atoms with Gasteiger partial charge in [-0.05, 0) is 0 Å². The van der Waals surface area contributed by atoms with Gasteiger partial charge in [0.05, 0.1) is 0 Å². The number of rotatable bonds is 4. The molecular weight excluding hydrogens is 463 g/mol. The number of para-hydroxylation sites is 6. The molecule has 0 bridgehead atoms. The Bertz CT molecular complexity index is 849. The zero-order chi connectivity index (χ0) is 17.3. The van der Waals surface area contributed by atoms with Crippen LogP contribution in [0.3, 0.4) is 0 Å². The molecule has 0 spiro atoms. The van der Waals surface area contributed by atoms with Crippen LogP contribution in [0.5, 0.6) is 34.5 Å². The first-order chi connectivity index (χ1) is 12.2. The summed E-state index contributed by atoms with van der Waals surface area (Å²) in [5.41, 5.74) is 0. The summed E-state index contributed by atoms with van der Waals surface area (Å²) in [5.74, 6) is 0.366. The molecule has 0 aromatic heterocycles. The molecular formula is C18H12GeK2O6. The van der Waals surface area contributed by atoms with Crippen LogP contribution in [-0.4, -0.2) is 14.6 Å². The molecule has 0 atom stereocenters. The van der Waals surface area contributed by atoms with Gasteiger partial charge in [-0.2, -0.15) is 0 Å². The molecule has 4 rings (SSSR count). The van der Waals surface area contributed by atoms with E-state index in [-0.39, 0.29) is 126 Å². The van der Waals surface area contributed by atoms with Gasteiger partial charge in [0, 0.05) is 0 Å². The third-order valence-corrected chi connectivity index (χ3v) is 7.43. The van der Waals surface area contributed by atoms with E-state index in [0.717, 1.165) is 0 Å². The van der Waals surface area contributed by atoms with E-state index >= 15 is 0 Å². The van der Waals surface area contributed by atoms with Gasteiger partial charge in [0.2, 0.25) is 0 Å². The number of hydrogen-bond acceptors (Lipinski definition) is 6. The minimum atomic E-state index is -4.50. The first kappa shape index (κ1) is 23.6. The van der Waals surface area contributed by atoms with Crippen LogP contribution in [0, 0.1) is 0 Å². The van der Waals surface area contributed by atoms with Crippen LogP contribution in [0.25, 0.3) is 0 Å². The van der Waals surface area contributed by atoms with Crippen molar-refractivity contribution in [3.8, 4) is 34.5 Å². The molecule has 3 aromatic rings. The van der Waals surface area contributed by atoms with E-state index in [1.165, 1.54) is 24.3 Å². The van der Waals surface area contributed by atoms with Gasteiger partial charge in [0.25, 0.3) is 0 Å². The molecule has 0 saturated heterocycles. The van der Waals surface area contributed by atoms with Crippen LogP contribution in [-0.2, 0) is 0 Å². The van der Waals surface area contributed by atoms with E-state index in [4.69, 9.17) is 15.1 Å². The Morgan fingerprint density at radius 1 is 0.593 bits per heavy atom. The van der Waals surface area contributed by atoms with Crippen LogP contribution in [0.15, 0.2) is 72.8 Å². The molecule has 27 heavy (non-hydrogen) atoms. The van der Waals surface area contributed by atoms with Crippen LogP contribution in [0.2, 0.25) is 0 Å². The number of hydrogen-bond donors (Lipinski definition) is 0. The molecule has 0 unspecified atom stereocenters. The second kappa shape index (κ2) is 10.3. The van der Waals surface area contributed by atoms with Gasteiger partial charge in [-0.3, -0.25) is 0 Å². The zero-order valence-electron chi connectivity index (χ0n) is 14.9. The molecule has 0 radical (unpaired) electrons. The van der Waals surface area contributed by atoms with E-state index in [1.807, 2.05) is 0 Å². The average molecular weight is 475 g/mol. The van der Waals surface area contributed by atoms with Gasteiger partial charge in [0.15, 0.2) is 0 Å². The van der Waals surface area contributed by atoms with Crippen molar-refractivity contribution in [3.05, 3.63) is 72.8 Å². The van der Waals surface area contributed by atoms with Crippen molar-refractivity contribution in [1.29, 1.82) is 0 Å². The van der Waals surface area contributed by atoms with Crippen molar-refractivity contribution in [2.24, 2.45) is 0 Å². The molecule has 0 saturated carbocycles. The molecule has 0 amide bonds. The van der Waals surface area contributed by atoms with Gasteiger partial charge in [-0.25, -0.2) is 0 Å². The van der Waals surface area contributed by atoms with Crippen molar-refractivity contribution in [1.82, 2.24) is 0 Å². The van der Waals surface area contributed by atoms with Crippen LogP contribution < -0.4 is 128 Å². The summed E-state index contributed by atoms with van der Waals surface area (Å²) < 4.78 is 23.3. The number of fused-ring (bicyclic) bond motifs is 1. The topological polar surface area (TPSA) is 83.0 Å². The molecule has 0 fully saturated rings. The summed E-state index contributed by atoms with van der Waals surface area (Å²) in [4.78, 5) is 0. The second-order valence-corrected chi connectivity index (χ2v) is 9.06. The molecule has 126 valence electrons. The predicted octanol–water partition coefficient (Wildman–Crippen LogP) is -3.79. The van der Waals surface area contributed by atoms with Gasteiger partial charge in [0.1, 0.15) is 0 Å². The summed E-state index contributed by atoms with van der Waals surface area (Å²) >= 11 is -4.50. The third kappa shape index (κ3) is 5.46. The summed E-state index contributed by atoms with van der Waals surface area (Å²) in [6.45, 7) is 0. The Labute approximate surface area is 245 Å². The van der Waals surface area contributed by atoms with E-state index in [2.05, 4.69) is 0 Å².